The Morgan fingerprint density at radius 1 is 1.45 bits per heavy atom. The molecule has 8 heteroatoms. The average molecular weight is 312 g/mol. The van der Waals surface area contributed by atoms with Crippen LogP contribution >= 0.6 is 11.3 Å². The lowest BCUT2D eigenvalue weighted by Gasteiger charge is -2.02. The average Bonchev–Trinajstić information content (AvgIpc) is 2.93. The van der Waals surface area contributed by atoms with Gasteiger partial charge in [0, 0.05) is 30.7 Å². The molecule has 0 spiro atoms. The second-order valence-corrected chi connectivity index (χ2v) is 7.96. The first-order valence-electron chi connectivity index (χ1n) is 6.36. The Bertz CT molecular complexity index is 701. The summed E-state index contributed by atoms with van der Waals surface area (Å²) in [5, 5.41) is 7.31. The summed E-state index contributed by atoms with van der Waals surface area (Å²) in [5.41, 5.74) is 0.471. The van der Waals surface area contributed by atoms with Crippen molar-refractivity contribution in [3.63, 3.8) is 0 Å². The molecule has 20 heavy (non-hydrogen) atoms. The number of nitrogens with one attached hydrogen (secondary N) is 2. The van der Waals surface area contributed by atoms with Crippen LogP contribution in [0.5, 0.6) is 0 Å². The highest BCUT2D eigenvalue weighted by molar-refractivity contribution is 7.94. The van der Waals surface area contributed by atoms with Gasteiger partial charge in [0.15, 0.2) is 0 Å². The SMILES string of the molecule is Cn1cc(NS(=O)(=O)c2ccc(CNC3CC3)s2)cn1. The maximum atomic E-state index is 12.2. The molecule has 1 aliphatic rings. The van der Waals surface area contributed by atoms with Crippen molar-refractivity contribution in [3.05, 3.63) is 29.4 Å². The van der Waals surface area contributed by atoms with Crippen molar-refractivity contribution in [1.82, 2.24) is 15.1 Å². The van der Waals surface area contributed by atoms with Crippen LogP contribution in [0.3, 0.4) is 0 Å². The van der Waals surface area contributed by atoms with Crippen LogP contribution in [0.4, 0.5) is 5.69 Å². The molecule has 108 valence electrons. The molecule has 0 radical (unpaired) electrons. The largest absolute Gasteiger partial charge is 0.309 e. The highest BCUT2D eigenvalue weighted by Crippen LogP contribution is 2.25. The standard InChI is InChI=1S/C12H16N4O2S2/c1-16-8-10(6-14-16)15-20(17,18)12-5-4-11(19-12)7-13-9-2-3-9/h4-6,8-9,13,15H,2-3,7H2,1H3. The second kappa shape index (κ2) is 5.19. The fraction of sp³-hybridized carbons (Fsp3) is 0.417. The van der Waals surface area contributed by atoms with E-state index in [4.69, 9.17) is 0 Å². The Labute approximate surface area is 121 Å². The van der Waals surface area contributed by atoms with E-state index in [2.05, 4.69) is 15.1 Å². The van der Waals surface area contributed by atoms with Gasteiger partial charge in [0.05, 0.1) is 11.9 Å². The van der Waals surface area contributed by atoms with Crippen LogP contribution in [0, 0.1) is 0 Å². The van der Waals surface area contributed by atoms with Crippen LogP contribution in [-0.4, -0.2) is 24.2 Å². The van der Waals surface area contributed by atoms with Crippen molar-refractivity contribution in [2.45, 2.75) is 29.6 Å². The van der Waals surface area contributed by atoms with Gasteiger partial charge in [0.2, 0.25) is 0 Å². The Kier molecular flexibility index (Phi) is 3.53. The molecular formula is C12H16N4O2S2. The van der Waals surface area contributed by atoms with Gasteiger partial charge in [0.1, 0.15) is 4.21 Å². The van der Waals surface area contributed by atoms with E-state index in [1.54, 1.807) is 24.0 Å². The minimum Gasteiger partial charge on any atom is -0.309 e. The molecule has 2 N–H and O–H groups in total. The summed E-state index contributed by atoms with van der Waals surface area (Å²) in [6, 6.07) is 4.12. The minimum atomic E-state index is -3.51. The Balaban J connectivity index is 1.69. The van der Waals surface area contributed by atoms with E-state index in [-0.39, 0.29) is 0 Å². The quantitative estimate of drug-likeness (QED) is 0.848. The van der Waals surface area contributed by atoms with Gasteiger partial charge in [0.25, 0.3) is 10.0 Å². The third-order valence-corrected chi connectivity index (χ3v) is 5.96. The van der Waals surface area contributed by atoms with Gasteiger partial charge in [-0.2, -0.15) is 5.10 Å². The van der Waals surface area contributed by atoms with Gasteiger partial charge >= 0.3 is 0 Å². The van der Waals surface area contributed by atoms with Gasteiger partial charge in [-0.15, -0.1) is 11.3 Å². The molecule has 1 aliphatic carbocycles. The first-order chi connectivity index (χ1) is 9.53. The topological polar surface area (TPSA) is 76.0 Å². The monoisotopic (exact) mass is 312 g/mol. The Morgan fingerprint density at radius 2 is 2.25 bits per heavy atom. The zero-order valence-electron chi connectivity index (χ0n) is 11.0. The van der Waals surface area contributed by atoms with Crippen LogP contribution in [0.1, 0.15) is 17.7 Å². The number of aryl methyl sites for hydroxylation is 1. The molecule has 0 atom stereocenters. The molecule has 1 saturated carbocycles. The van der Waals surface area contributed by atoms with Crippen LogP contribution in [0.15, 0.2) is 28.7 Å². The lowest BCUT2D eigenvalue weighted by Crippen LogP contribution is -2.14. The van der Waals surface area contributed by atoms with Crippen LogP contribution in [-0.2, 0) is 23.6 Å². The number of thiophene rings is 1. The van der Waals surface area contributed by atoms with Crippen molar-refractivity contribution < 1.29 is 8.42 Å². The molecular weight excluding hydrogens is 296 g/mol. The predicted molar refractivity (Wildman–Crippen MR) is 78.2 cm³/mol. The summed E-state index contributed by atoms with van der Waals surface area (Å²) in [4.78, 5) is 1.03. The molecule has 2 aromatic rings. The first kappa shape index (κ1) is 13.6. The number of sulfonamides is 1. The van der Waals surface area contributed by atoms with Crippen LogP contribution < -0.4 is 10.0 Å². The van der Waals surface area contributed by atoms with E-state index in [9.17, 15) is 8.42 Å². The van der Waals surface area contributed by atoms with E-state index >= 15 is 0 Å². The molecule has 6 nitrogen and oxygen atoms in total. The van der Waals surface area contributed by atoms with Gasteiger partial charge in [-0.3, -0.25) is 9.40 Å². The molecule has 0 amide bonds. The zero-order chi connectivity index (χ0) is 14.2. The second-order valence-electron chi connectivity index (χ2n) is 4.88. The van der Waals surface area contributed by atoms with Gasteiger partial charge < -0.3 is 5.32 Å². The summed E-state index contributed by atoms with van der Waals surface area (Å²) in [7, 11) is -1.77. The molecule has 2 aromatic heterocycles. The summed E-state index contributed by atoms with van der Waals surface area (Å²) in [6.45, 7) is 0.734. The van der Waals surface area contributed by atoms with Crippen molar-refractivity contribution in [3.8, 4) is 0 Å². The third-order valence-electron chi connectivity index (χ3n) is 3.00. The van der Waals surface area contributed by atoms with Gasteiger partial charge in [-0.1, -0.05) is 0 Å². The van der Waals surface area contributed by atoms with Crippen LogP contribution in [0.25, 0.3) is 0 Å². The molecule has 0 aliphatic heterocycles. The summed E-state index contributed by atoms with van der Waals surface area (Å²) < 4.78 is 28.8. The molecule has 0 saturated heterocycles. The number of hydrogen-bond acceptors (Lipinski definition) is 5. The van der Waals surface area contributed by atoms with Crippen molar-refractivity contribution in [1.29, 1.82) is 0 Å². The number of aromatic nitrogens is 2. The lowest BCUT2D eigenvalue weighted by molar-refractivity contribution is 0.603. The zero-order valence-corrected chi connectivity index (χ0v) is 12.7. The fourth-order valence-electron chi connectivity index (χ4n) is 1.81. The van der Waals surface area contributed by atoms with Crippen molar-refractivity contribution in [2.75, 3.05) is 4.72 Å². The number of nitrogens with zero attached hydrogens (tertiary/aromatic N) is 2. The third kappa shape index (κ3) is 3.20. The van der Waals surface area contributed by atoms with Gasteiger partial charge in [-0.05, 0) is 25.0 Å². The lowest BCUT2D eigenvalue weighted by atomic mass is 10.4. The Morgan fingerprint density at radius 3 is 2.90 bits per heavy atom. The van der Waals surface area contributed by atoms with Gasteiger partial charge in [-0.25, -0.2) is 8.42 Å². The van der Waals surface area contributed by atoms with E-state index in [0.29, 0.717) is 15.9 Å². The fourth-order valence-corrected chi connectivity index (χ4v) is 4.14. The maximum absolute atomic E-state index is 12.2. The molecule has 2 heterocycles. The molecule has 0 bridgehead atoms. The molecule has 3 rings (SSSR count). The first-order valence-corrected chi connectivity index (χ1v) is 8.66. The Hall–Kier alpha value is -1.38. The van der Waals surface area contributed by atoms with Crippen LogP contribution in [0.2, 0.25) is 0 Å². The van der Waals surface area contributed by atoms with E-state index < -0.39 is 10.0 Å². The number of rotatable bonds is 6. The smallest absolute Gasteiger partial charge is 0.271 e. The molecule has 0 aromatic carbocycles. The van der Waals surface area contributed by atoms with E-state index in [1.165, 1.54) is 30.4 Å². The maximum Gasteiger partial charge on any atom is 0.271 e. The van der Waals surface area contributed by atoms with E-state index in [1.807, 2.05) is 6.07 Å². The highest BCUT2D eigenvalue weighted by atomic mass is 32.2. The van der Waals surface area contributed by atoms with Crippen molar-refractivity contribution in [2.24, 2.45) is 7.05 Å². The molecule has 0 unspecified atom stereocenters. The summed E-state index contributed by atoms with van der Waals surface area (Å²) >= 11 is 1.30. The van der Waals surface area contributed by atoms with Crippen molar-refractivity contribution >= 4 is 27.0 Å². The number of anilines is 1. The normalized spacial score (nSPS) is 15.4. The van der Waals surface area contributed by atoms with E-state index in [0.717, 1.165) is 11.4 Å². The summed E-state index contributed by atoms with van der Waals surface area (Å²) in [6.07, 6.45) is 5.56. The summed E-state index contributed by atoms with van der Waals surface area (Å²) in [5.74, 6) is 0. The minimum absolute atomic E-state index is 0.328. The number of hydrogen-bond donors (Lipinski definition) is 2. The highest BCUT2D eigenvalue weighted by Gasteiger charge is 2.21. The predicted octanol–water partition coefficient (Wildman–Crippen LogP) is 1.53. The molecule has 1 fully saturated rings.